The molecule has 7 nitrogen and oxygen atoms in total. The highest BCUT2D eigenvalue weighted by molar-refractivity contribution is 5.95. The van der Waals surface area contributed by atoms with Gasteiger partial charge < -0.3 is 10.2 Å². The standard InChI is InChI=1S/C16H26N4O3/c1-6-19(7-2)12(3)11-17-16(21)13-8-9-14(18(4)5)15(10-13)20(22)23/h8-10,12H,6-7,11H2,1-5H3,(H,17,21). The minimum Gasteiger partial charge on any atom is -0.372 e. The first kappa shape index (κ1) is 18.9. The molecule has 0 aliphatic rings. The molecular weight excluding hydrogens is 296 g/mol. The highest BCUT2D eigenvalue weighted by Gasteiger charge is 2.19. The van der Waals surface area contributed by atoms with Crippen LogP contribution in [-0.4, -0.2) is 55.5 Å². The van der Waals surface area contributed by atoms with Crippen LogP contribution >= 0.6 is 0 Å². The normalized spacial score (nSPS) is 12.1. The van der Waals surface area contributed by atoms with Crippen molar-refractivity contribution in [2.45, 2.75) is 26.8 Å². The quantitative estimate of drug-likeness (QED) is 0.586. The predicted octanol–water partition coefficient (Wildman–Crippen LogP) is 2.12. The molecule has 0 saturated heterocycles. The molecular formula is C16H26N4O3. The maximum Gasteiger partial charge on any atom is 0.293 e. The first-order chi connectivity index (χ1) is 10.8. The van der Waals surface area contributed by atoms with Crippen LogP contribution in [0.3, 0.4) is 0 Å². The van der Waals surface area contributed by atoms with Gasteiger partial charge >= 0.3 is 0 Å². The van der Waals surface area contributed by atoms with Crippen molar-refractivity contribution in [3.05, 3.63) is 33.9 Å². The fraction of sp³-hybridized carbons (Fsp3) is 0.562. The second kappa shape index (κ2) is 8.47. The molecule has 1 N–H and O–H groups in total. The smallest absolute Gasteiger partial charge is 0.293 e. The van der Waals surface area contributed by atoms with E-state index in [9.17, 15) is 14.9 Å². The molecule has 1 aromatic carbocycles. The van der Waals surface area contributed by atoms with E-state index in [1.165, 1.54) is 6.07 Å². The van der Waals surface area contributed by atoms with E-state index in [2.05, 4.69) is 24.1 Å². The summed E-state index contributed by atoms with van der Waals surface area (Å²) < 4.78 is 0. The maximum atomic E-state index is 12.2. The van der Waals surface area contributed by atoms with Crippen LogP contribution in [0.2, 0.25) is 0 Å². The van der Waals surface area contributed by atoms with Crippen molar-refractivity contribution >= 4 is 17.3 Å². The average Bonchev–Trinajstić information content (AvgIpc) is 2.52. The number of hydrogen-bond acceptors (Lipinski definition) is 5. The lowest BCUT2D eigenvalue weighted by atomic mass is 10.1. The van der Waals surface area contributed by atoms with Gasteiger partial charge in [-0.05, 0) is 32.1 Å². The maximum absolute atomic E-state index is 12.2. The molecule has 1 atom stereocenters. The van der Waals surface area contributed by atoms with E-state index >= 15 is 0 Å². The highest BCUT2D eigenvalue weighted by atomic mass is 16.6. The van der Waals surface area contributed by atoms with E-state index in [1.54, 1.807) is 31.1 Å². The van der Waals surface area contributed by atoms with Crippen LogP contribution < -0.4 is 10.2 Å². The summed E-state index contributed by atoms with van der Waals surface area (Å²) >= 11 is 0. The van der Waals surface area contributed by atoms with Crippen LogP contribution in [0.1, 0.15) is 31.1 Å². The lowest BCUT2D eigenvalue weighted by Crippen LogP contribution is -2.42. The molecule has 1 unspecified atom stereocenters. The zero-order valence-electron chi connectivity index (χ0n) is 14.5. The summed E-state index contributed by atoms with van der Waals surface area (Å²) in [4.78, 5) is 26.8. The number of anilines is 1. The van der Waals surface area contributed by atoms with E-state index in [0.717, 1.165) is 13.1 Å². The third-order valence-corrected chi connectivity index (χ3v) is 3.91. The van der Waals surface area contributed by atoms with Gasteiger partial charge in [-0.15, -0.1) is 0 Å². The molecule has 0 bridgehead atoms. The van der Waals surface area contributed by atoms with Gasteiger partial charge in [0, 0.05) is 38.3 Å². The SMILES string of the molecule is CCN(CC)C(C)CNC(=O)c1ccc(N(C)C)c([N+](=O)[O-])c1. The van der Waals surface area contributed by atoms with Crippen LogP contribution in [0.15, 0.2) is 18.2 Å². The van der Waals surface area contributed by atoms with Crippen LogP contribution in [-0.2, 0) is 0 Å². The number of amides is 1. The largest absolute Gasteiger partial charge is 0.372 e. The number of likely N-dealkylation sites (N-methyl/N-ethyl adjacent to an activating group) is 1. The van der Waals surface area contributed by atoms with Gasteiger partial charge in [0.2, 0.25) is 0 Å². The summed E-state index contributed by atoms with van der Waals surface area (Å²) in [6.07, 6.45) is 0. The van der Waals surface area contributed by atoms with E-state index in [0.29, 0.717) is 17.8 Å². The second-order valence-corrected chi connectivity index (χ2v) is 5.64. The molecule has 0 heterocycles. The topological polar surface area (TPSA) is 78.7 Å². The van der Waals surface area contributed by atoms with Gasteiger partial charge in [-0.2, -0.15) is 0 Å². The zero-order valence-corrected chi connectivity index (χ0v) is 14.5. The lowest BCUT2D eigenvalue weighted by Gasteiger charge is -2.26. The molecule has 1 rings (SSSR count). The second-order valence-electron chi connectivity index (χ2n) is 5.64. The molecule has 23 heavy (non-hydrogen) atoms. The van der Waals surface area contributed by atoms with Gasteiger partial charge in [-0.1, -0.05) is 13.8 Å². The average molecular weight is 322 g/mol. The number of carbonyl (C=O) groups excluding carboxylic acids is 1. The minimum absolute atomic E-state index is 0.0700. The summed E-state index contributed by atoms with van der Waals surface area (Å²) in [6, 6.07) is 4.75. The Hall–Kier alpha value is -2.15. The van der Waals surface area contributed by atoms with Crippen LogP contribution in [0.4, 0.5) is 11.4 Å². The molecule has 7 heteroatoms. The van der Waals surface area contributed by atoms with E-state index in [1.807, 2.05) is 6.92 Å². The molecule has 0 fully saturated rings. The number of nitro benzene ring substituents is 1. The predicted molar refractivity (Wildman–Crippen MR) is 92.1 cm³/mol. The van der Waals surface area contributed by atoms with Gasteiger partial charge in [-0.3, -0.25) is 19.8 Å². The van der Waals surface area contributed by atoms with Gasteiger partial charge in [0.25, 0.3) is 11.6 Å². The Labute approximate surface area is 137 Å². The van der Waals surface area contributed by atoms with E-state index in [-0.39, 0.29) is 17.6 Å². The number of nitro groups is 1. The molecule has 0 radical (unpaired) electrons. The van der Waals surface area contributed by atoms with Crippen LogP contribution in [0.5, 0.6) is 0 Å². The first-order valence-electron chi connectivity index (χ1n) is 7.79. The van der Waals surface area contributed by atoms with Crippen molar-refractivity contribution in [3.63, 3.8) is 0 Å². The fourth-order valence-corrected chi connectivity index (χ4v) is 2.51. The number of carbonyl (C=O) groups is 1. The third-order valence-electron chi connectivity index (χ3n) is 3.91. The van der Waals surface area contributed by atoms with Crippen molar-refractivity contribution in [2.75, 3.05) is 38.6 Å². The monoisotopic (exact) mass is 322 g/mol. The molecule has 1 aromatic rings. The van der Waals surface area contributed by atoms with Gasteiger partial charge in [-0.25, -0.2) is 0 Å². The third kappa shape index (κ3) is 4.92. The van der Waals surface area contributed by atoms with Gasteiger partial charge in [0.15, 0.2) is 0 Å². The fourth-order valence-electron chi connectivity index (χ4n) is 2.51. The van der Waals surface area contributed by atoms with Crippen molar-refractivity contribution in [3.8, 4) is 0 Å². The van der Waals surface area contributed by atoms with E-state index in [4.69, 9.17) is 0 Å². The Morgan fingerprint density at radius 3 is 2.39 bits per heavy atom. The molecule has 0 aliphatic heterocycles. The Bertz CT molecular complexity index is 556. The van der Waals surface area contributed by atoms with Gasteiger partial charge in [0.05, 0.1) is 4.92 Å². The minimum atomic E-state index is -0.468. The molecule has 0 saturated carbocycles. The van der Waals surface area contributed by atoms with Crippen molar-refractivity contribution in [2.24, 2.45) is 0 Å². The summed E-state index contributed by atoms with van der Waals surface area (Å²) in [6.45, 7) is 8.53. The summed E-state index contributed by atoms with van der Waals surface area (Å²) in [5.74, 6) is -0.294. The zero-order chi connectivity index (χ0) is 17.6. The summed E-state index contributed by atoms with van der Waals surface area (Å²) in [5, 5.41) is 14.0. The Kier molecular flexibility index (Phi) is 6.96. The Morgan fingerprint density at radius 1 is 1.30 bits per heavy atom. The number of nitrogens with zero attached hydrogens (tertiary/aromatic N) is 3. The number of benzene rings is 1. The Balaban J connectivity index is 2.85. The molecule has 1 amide bonds. The Morgan fingerprint density at radius 2 is 1.91 bits per heavy atom. The molecule has 0 aromatic heterocycles. The first-order valence-corrected chi connectivity index (χ1v) is 7.79. The lowest BCUT2D eigenvalue weighted by molar-refractivity contribution is -0.384. The van der Waals surface area contributed by atoms with Crippen molar-refractivity contribution < 1.29 is 9.72 Å². The van der Waals surface area contributed by atoms with Crippen molar-refractivity contribution in [1.82, 2.24) is 10.2 Å². The highest BCUT2D eigenvalue weighted by Crippen LogP contribution is 2.27. The molecule has 128 valence electrons. The van der Waals surface area contributed by atoms with Crippen molar-refractivity contribution in [1.29, 1.82) is 0 Å². The number of rotatable bonds is 8. The molecule has 0 aliphatic carbocycles. The molecule has 0 spiro atoms. The number of hydrogen-bond donors (Lipinski definition) is 1. The summed E-state index contributed by atoms with van der Waals surface area (Å²) in [5.41, 5.74) is 0.705. The van der Waals surface area contributed by atoms with Crippen LogP contribution in [0, 0.1) is 10.1 Å². The van der Waals surface area contributed by atoms with Gasteiger partial charge in [0.1, 0.15) is 5.69 Å². The number of nitrogens with one attached hydrogen (secondary N) is 1. The van der Waals surface area contributed by atoms with Crippen LogP contribution in [0.25, 0.3) is 0 Å². The summed E-state index contributed by atoms with van der Waals surface area (Å²) in [7, 11) is 3.46. The van der Waals surface area contributed by atoms with E-state index < -0.39 is 4.92 Å².